The van der Waals surface area contributed by atoms with Gasteiger partial charge in [-0.2, -0.15) is 13.2 Å². The molecule has 2 aromatic carbocycles. The number of anilines is 2. The Bertz CT molecular complexity index is 1570. The zero-order valence-corrected chi connectivity index (χ0v) is 25.9. The van der Waals surface area contributed by atoms with Gasteiger partial charge in [-0.05, 0) is 49.1 Å². The molecule has 1 aliphatic rings. The molecule has 1 aliphatic heterocycles. The van der Waals surface area contributed by atoms with Crippen LogP contribution in [-0.4, -0.2) is 29.3 Å². The van der Waals surface area contributed by atoms with Crippen LogP contribution in [0.15, 0.2) is 71.8 Å². The Morgan fingerprint density at radius 2 is 1.73 bits per heavy atom. The van der Waals surface area contributed by atoms with Crippen molar-refractivity contribution >= 4 is 34.2 Å². The zero-order valence-electron chi connectivity index (χ0n) is 24.3. The van der Waals surface area contributed by atoms with Gasteiger partial charge in [-0.25, -0.2) is 18.7 Å². The summed E-state index contributed by atoms with van der Waals surface area (Å²) in [4.78, 5) is 10.0. The Hall–Kier alpha value is -3.38. The number of fused-ring (bicyclic) bond motifs is 6. The SMILES string of the molecule is CC(C)(CCOc1cccc(-c2sc3nc2-c2ccccc2C(F)(F)CCCCCNc2cccc(n2)SN3)c1)C(F)(F)F. The van der Waals surface area contributed by atoms with E-state index in [4.69, 9.17) is 9.72 Å². The van der Waals surface area contributed by atoms with Crippen molar-refractivity contribution in [3.63, 3.8) is 0 Å². The summed E-state index contributed by atoms with van der Waals surface area (Å²) in [5.74, 6) is -1.99. The summed E-state index contributed by atoms with van der Waals surface area (Å²) in [6.45, 7) is 2.79. The molecule has 5 rings (SSSR count). The largest absolute Gasteiger partial charge is 0.494 e. The molecule has 0 atom stereocenters. The van der Waals surface area contributed by atoms with Gasteiger partial charge in [-0.15, -0.1) is 0 Å². The third-order valence-electron chi connectivity index (χ3n) is 7.50. The summed E-state index contributed by atoms with van der Waals surface area (Å²) in [5.41, 5.74) is -0.628. The topological polar surface area (TPSA) is 59.1 Å². The highest BCUT2D eigenvalue weighted by atomic mass is 32.2. The minimum atomic E-state index is -4.35. The average Bonchev–Trinajstić information content (AvgIpc) is 3.41. The van der Waals surface area contributed by atoms with Crippen LogP contribution in [0.25, 0.3) is 21.7 Å². The van der Waals surface area contributed by atoms with Crippen molar-refractivity contribution in [1.82, 2.24) is 9.97 Å². The van der Waals surface area contributed by atoms with Crippen LogP contribution in [0.3, 0.4) is 0 Å². The Morgan fingerprint density at radius 3 is 2.55 bits per heavy atom. The van der Waals surface area contributed by atoms with E-state index in [9.17, 15) is 13.2 Å². The molecule has 0 saturated heterocycles. The molecule has 0 saturated carbocycles. The van der Waals surface area contributed by atoms with Crippen molar-refractivity contribution in [1.29, 1.82) is 0 Å². The maximum atomic E-state index is 15.7. The summed E-state index contributed by atoms with van der Waals surface area (Å²) in [6, 6.07) is 19.0. The molecule has 2 N–H and O–H groups in total. The summed E-state index contributed by atoms with van der Waals surface area (Å²) in [7, 11) is 0. The summed E-state index contributed by atoms with van der Waals surface area (Å²) in [6.07, 6.45) is -3.13. The molecular formula is C32H33F5N4OS2. The van der Waals surface area contributed by atoms with Crippen LogP contribution in [0.5, 0.6) is 5.75 Å². The van der Waals surface area contributed by atoms with Crippen LogP contribution in [0.2, 0.25) is 0 Å². The number of halogens is 5. The van der Waals surface area contributed by atoms with E-state index in [0.717, 1.165) is 20.3 Å². The summed E-state index contributed by atoms with van der Waals surface area (Å²) >= 11 is 2.55. The van der Waals surface area contributed by atoms with E-state index in [-0.39, 0.29) is 25.0 Å². The number of thiazole rings is 1. The molecule has 2 aromatic heterocycles. The van der Waals surface area contributed by atoms with Gasteiger partial charge in [-0.1, -0.05) is 74.1 Å². The van der Waals surface area contributed by atoms with E-state index in [0.29, 0.717) is 62.8 Å². The van der Waals surface area contributed by atoms with Crippen molar-refractivity contribution in [3.05, 3.63) is 72.3 Å². The Morgan fingerprint density at radius 1 is 0.932 bits per heavy atom. The predicted octanol–water partition coefficient (Wildman–Crippen LogP) is 10.4. The highest BCUT2D eigenvalue weighted by Gasteiger charge is 2.46. The number of aromatic nitrogens is 2. The number of nitrogens with one attached hydrogen (secondary N) is 2. The lowest BCUT2D eigenvalue weighted by Gasteiger charge is -2.27. The van der Waals surface area contributed by atoms with Gasteiger partial charge in [0.1, 0.15) is 16.6 Å². The van der Waals surface area contributed by atoms with E-state index < -0.39 is 17.5 Å². The van der Waals surface area contributed by atoms with Crippen molar-refractivity contribution in [2.75, 3.05) is 23.2 Å². The highest BCUT2D eigenvalue weighted by molar-refractivity contribution is 8.00. The first-order valence-electron chi connectivity index (χ1n) is 14.4. The second-order valence-corrected chi connectivity index (χ2v) is 13.1. The van der Waals surface area contributed by atoms with Gasteiger partial charge in [0.15, 0.2) is 5.13 Å². The number of alkyl halides is 5. The smallest absolute Gasteiger partial charge is 0.394 e. The lowest BCUT2D eigenvalue weighted by atomic mass is 9.89. The number of nitrogens with zero attached hydrogens (tertiary/aromatic N) is 2. The van der Waals surface area contributed by atoms with Crippen LogP contribution in [0.1, 0.15) is 51.5 Å². The van der Waals surface area contributed by atoms with Gasteiger partial charge in [0.05, 0.1) is 22.6 Å². The molecule has 234 valence electrons. The van der Waals surface area contributed by atoms with Crippen molar-refractivity contribution < 1.29 is 26.7 Å². The summed E-state index contributed by atoms with van der Waals surface area (Å²) in [5, 5.41) is 4.46. The quantitative estimate of drug-likeness (QED) is 0.166. The van der Waals surface area contributed by atoms with Crippen LogP contribution >= 0.6 is 23.3 Å². The van der Waals surface area contributed by atoms with Crippen LogP contribution in [0, 0.1) is 5.41 Å². The van der Waals surface area contributed by atoms with Gasteiger partial charge in [0.2, 0.25) is 0 Å². The molecule has 4 bridgehead atoms. The van der Waals surface area contributed by atoms with Gasteiger partial charge in [0.25, 0.3) is 5.92 Å². The van der Waals surface area contributed by atoms with Crippen LogP contribution < -0.4 is 14.8 Å². The number of hydrogen-bond donors (Lipinski definition) is 2. The normalized spacial score (nSPS) is 15.8. The van der Waals surface area contributed by atoms with Gasteiger partial charge < -0.3 is 14.8 Å². The maximum Gasteiger partial charge on any atom is 0.394 e. The summed E-state index contributed by atoms with van der Waals surface area (Å²) < 4.78 is 80.4. The molecule has 5 nitrogen and oxygen atoms in total. The predicted molar refractivity (Wildman–Crippen MR) is 168 cm³/mol. The Kier molecular flexibility index (Phi) is 9.69. The molecule has 0 unspecified atom stereocenters. The number of hydrogen-bond acceptors (Lipinski definition) is 7. The van der Waals surface area contributed by atoms with Crippen LogP contribution in [-0.2, 0) is 5.92 Å². The number of pyridine rings is 1. The molecule has 0 radical (unpaired) electrons. The first-order chi connectivity index (χ1) is 20.9. The first-order valence-corrected chi connectivity index (χ1v) is 16.0. The maximum absolute atomic E-state index is 15.7. The molecule has 12 heteroatoms. The van der Waals surface area contributed by atoms with E-state index in [1.165, 1.54) is 29.4 Å². The fraction of sp³-hybridized carbons (Fsp3) is 0.375. The third kappa shape index (κ3) is 7.63. The van der Waals surface area contributed by atoms with Crippen LogP contribution in [0.4, 0.5) is 32.9 Å². The standard InChI is InChI=1S/C32H33F5N4OS2/c1-30(2,32(35,36)37)17-19-42-22-11-8-10-21(20-22)28-27-23-12-4-5-13-24(23)31(33,34)16-6-3-7-18-38-25-14-9-15-26(39-25)44-41-29(40-27)43-28/h4-5,8-15,20H,3,6-7,16-19H2,1-2H3,(H,38,39)(H,40,41). The minimum Gasteiger partial charge on any atom is -0.494 e. The number of benzene rings is 2. The fourth-order valence-electron chi connectivity index (χ4n) is 4.71. The van der Waals surface area contributed by atoms with E-state index >= 15 is 8.78 Å². The minimum absolute atomic E-state index is 0.0942. The molecule has 0 amide bonds. The van der Waals surface area contributed by atoms with Crippen molar-refractivity contribution in [2.45, 2.75) is 63.1 Å². The lowest BCUT2D eigenvalue weighted by molar-refractivity contribution is -0.215. The third-order valence-corrected chi connectivity index (χ3v) is 9.38. The van der Waals surface area contributed by atoms with Gasteiger partial charge >= 0.3 is 6.18 Å². The van der Waals surface area contributed by atoms with Gasteiger partial charge in [-0.3, -0.25) is 0 Å². The highest BCUT2D eigenvalue weighted by Crippen LogP contribution is 2.46. The van der Waals surface area contributed by atoms with E-state index in [2.05, 4.69) is 15.0 Å². The second kappa shape index (κ2) is 13.3. The molecule has 0 spiro atoms. The van der Waals surface area contributed by atoms with E-state index in [1.807, 2.05) is 24.3 Å². The molecule has 44 heavy (non-hydrogen) atoms. The fourth-order valence-corrected chi connectivity index (χ4v) is 6.36. The molecular weight excluding hydrogens is 616 g/mol. The lowest BCUT2D eigenvalue weighted by Crippen LogP contribution is -2.33. The Labute approximate surface area is 261 Å². The Balaban J connectivity index is 1.51. The second-order valence-electron chi connectivity index (χ2n) is 11.3. The molecule has 0 fully saturated rings. The van der Waals surface area contributed by atoms with Crippen molar-refractivity contribution in [2.24, 2.45) is 5.41 Å². The van der Waals surface area contributed by atoms with E-state index in [1.54, 1.807) is 36.4 Å². The monoisotopic (exact) mass is 648 g/mol. The van der Waals surface area contributed by atoms with Crippen molar-refractivity contribution in [3.8, 4) is 27.4 Å². The zero-order chi connectivity index (χ0) is 31.4. The molecule has 0 aliphatic carbocycles. The number of rotatable bonds is 5. The first kappa shape index (κ1) is 32.0. The van der Waals surface area contributed by atoms with Gasteiger partial charge in [0, 0.05) is 36.0 Å². The molecule has 3 heterocycles. The number of ether oxygens (including phenoxy) is 1. The average molecular weight is 649 g/mol. The molecule has 4 aromatic rings.